The van der Waals surface area contributed by atoms with Crippen molar-refractivity contribution in [1.82, 2.24) is 14.6 Å². The number of nitrogens with zero attached hydrogens (tertiary/aromatic N) is 3. The molecule has 0 saturated carbocycles. The Morgan fingerprint density at radius 1 is 0.935 bits per heavy atom. The lowest BCUT2D eigenvalue weighted by molar-refractivity contribution is -0.204. The maximum absolute atomic E-state index is 10.7. The number of aliphatic hydroxyl groups excluding tert-OH is 1. The van der Waals surface area contributed by atoms with Gasteiger partial charge in [-0.2, -0.15) is 5.10 Å². The lowest BCUT2D eigenvalue weighted by atomic mass is 9.77. The third-order valence-corrected chi connectivity index (χ3v) is 9.36. The van der Waals surface area contributed by atoms with E-state index >= 15 is 0 Å². The molecule has 4 atom stereocenters. The first kappa shape index (κ1) is 30.4. The standard InChI is InChI=1S/C37H40N4O5/c1-6-30-33-36(4,46-35(2,3)45-33)32(44-30)29-21-24(22-42)31-34(38-23-39-41(29)31)40-37(25-13-9-7-10-14-25,26-15-11-8-12-16-26)27-17-19-28(43-5)20-18-27/h7-21,23,30,32-33,42H,6,22H2,1-5H3,(H,38,39,40)/t30-,32+,33-,36+/m1/s1. The van der Waals surface area contributed by atoms with Crippen molar-refractivity contribution in [3.05, 3.63) is 125 Å². The van der Waals surface area contributed by atoms with Gasteiger partial charge in [0, 0.05) is 5.56 Å². The van der Waals surface area contributed by atoms with Crippen LogP contribution in [0.4, 0.5) is 5.82 Å². The van der Waals surface area contributed by atoms with Gasteiger partial charge in [-0.3, -0.25) is 0 Å². The van der Waals surface area contributed by atoms with Crippen molar-refractivity contribution in [2.75, 3.05) is 12.4 Å². The van der Waals surface area contributed by atoms with Crippen LogP contribution in [-0.2, 0) is 26.4 Å². The average molecular weight is 621 g/mol. The van der Waals surface area contributed by atoms with Crippen molar-refractivity contribution in [2.24, 2.45) is 0 Å². The summed E-state index contributed by atoms with van der Waals surface area (Å²) in [6.45, 7) is 7.79. The average Bonchev–Trinajstić information content (AvgIpc) is 3.67. The zero-order chi connectivity index (χ0) is 32.1. The van der Waals surface area contributed by atoms with E-state index in [4.69, 9.17) is 29.0 Å². The van der Waals surface area contributed by atoms with E-state index in [1.54, 1.807) is 7.11 Å². The smallest absolute Gasteiger partial charge is 0.164 e. The summed E-state index contributed by atoms with van der Waals surface area (Å²) in [6.07, 6.45) is 1.41. The highest BCUT2D eigenvalue weighted by Crippen LogP contribution is 2.54. The molecule has 2 N–H and O–H groups in total. The van der Waals surface area contributed by atoms with Gasteiger partial charge in [0.05, 0.1) is 25.5 Å². The summed E-state index contributed by atoms with van der Waals surface area (Å²) in [6, 6.07) is 30.6. The molecule has 238 valence electrons. The fourth-order valence-electron chi connectivity index (χ4n) is 7.39. The van der Waals surface area contributed by atoms with E-state index in [1.807, 2.05) is 79.9 Å². The maximum Gasteiger partial charge on any atom is 0.164 e. The van der Waals surface area contributed by atoms with Crippen LogP contribution in [0.2, 0.25) is 0 Å². The summed E-state index contributed by atoms with van der Waals surface area (Å²) in [5.74, 6) is 0.564. The van der Waals surface area contributed by atoms with Crippen LogP contribution in [0.5, 0.6) is 5.75 Å². The SMILES string of the molecule is CC[C@H]1O[C@@H](c2cc(CO)c3c(NC(c4ccccc4)(c4ccccc4)c4ccc(OC)cc4)ncnn23)[C@]2(C)OC(C)(C)O[C@H]12. The summed E-state index contributed by atoms with van der Waals surface area (Å²) in [4.78, 5) is 4.81. The molecular weight excluding hydrogens is 580 g/mol. The number of fused-ring (bicyclic) bond motifs is 2. The van der Waals surface area contributed by atoms with Crippen LogP contribution in [0.25, 0.3) is 5.52 Å². The van der Waals surface area contributed by atoms with Crippen molar-refractivity contribution in [2.45, 2.75) is 76.0 Å². The lowest BCUT2D eigenvalue weighted by Gasteiger charge is -2.37. The molecule has 2 aromatic heterocycles. The van der Waals surface area contributed by atoms with Crippen LogP contribution < -0.4 is 10.1 Å². The zero-order valence-corrected chi connectivity index (χ0v) is 26.8. The summed E-state index contributed by atoms with van der Waals surface area (Å²) in [5.41, 5.74) is 3.48. The molecule has 2 aliphatic heterocycles. The normalized spacial score (nSPS) is 23.8. The van der Waals surface area contributed by atoms with Crippen LogP contribution >= 0.6 is 0 Å². The lowest BCUT2D eigenvalue weighted by Crippen LogP contribution is -2.40. The number of aliphatic hydroxyl groups is 1. The number of anilines is 1. The minimum Gasteiger partial charge on any atom is -0.497 e. The van der Waals surface area contributed by atoms with Gasteiger partial charge in [-0.25, -0.2) is 9.50 Å². The predicted molar refractivity (Wildman–Crippen MR) is 175 cm³/mol. The Morgan fingerprint density at radius 2 is 1.57 bits per heavy atom. The van der Waals surface area contributed by atoms with E-state index < -0.39 is 23.0 Å². The van der Waals surface area contributed by atoms with E-state index in [0.717, 1.165) is 34.6 Å². The molecule has 0 bridgehead atoms. The zero-order valence-electron chi connectivity index (χ0n) is 26.8. The van der Waals surface area contributed by atoms with Crippen LogP contribution in [0, 0.1) is 0 Å². The summed E-state index contributed by atoms with van der Waals surface area (Å²) < 4.78 is 26.9. The molecule has 9 heteroatoms. The first-order valence-corrected chi connectivity index (χ1v) is 15.8. The van der Waals surface area contributed by atoms with Crippen molar-refractivity contribution >= 4 is 11.3 Å². The Balaban J connectivity index is 1.43. The molecule has 3 aromatic carbocycles. The molecule has 2 fully saturated rings. The molecule has 5 aromatic rings. The summed E-state index contributed by atoms with van der Waals surface area (Å²) >= 11 is 0. The second kappa shape index (κ2) is 11.5. The topological polar surface area (TPSA) is 99.4 Å². The van der Waals surface area contributed by atoms with Gasteiger partial charge in [0.2, 0.25) is 0 Å². The van der Waals surface area contributed by atoms with Crippen LogP contribution in [0.3, 0.4) is 0 Å². The van der Waals surface area contributed by atoms with E-state index in [0.29, 0.717) is 16.9 Å². The second-order valence-corrected chi connectivity index (χ2v) is 12.6. The van der Waals surface area contributed by atoms with E-state index in [-0.39, 0.29) is 18.8 Å². The van der Waals surface area contributed by atoms with Crippen molar-refractivity contribution in [3.8, 4) is 5.75 Å². The first-order valence-electron chi connectivity index (χ1n) is 15.8. The largest absolute Gasteiger partial charge is 0.497 e. The fraction of sp³-hybridized carbons (Fsp3) is 0.351. The molecule has 46 heavy (non-hydrogen) atoms. The van der Waals surface area contributed by atoms with Gasteiger partial charge >= 0.3 is 0 Å². The number of benzene rings is 3. The maximum atomic E-state index is 10.7. The van der Waals surface area contributed by atoms with Gasteiger partial charge in [0.1, 0.15) is 40.9 Å². The molecule has 2 saturated heterocycles. The van der Waals surface area contributed by atoms with Gasteiger partial charge in [-0.15, -0.1) is 0 Å². The molecular formula is C37H40N4O5. The Morgan fingerprint density at radius 3 is 2.15 bits per heavy atom. The summed E-state index contributed by atoms with van der Waals surface area (Å²) in [5, 5.41) is 19.3. The molecule has 0 unspecified atom stereocenters. The van der Waals surface area contributed by atoms with Crippen molar-refractivity contribution < 1.29 is 24.1 Å². The molecule has 0 aliphatic carbocycles. The first-order chi connectivity index (χ1) is 22.2. The van der Waals surface area contributed by atoms with Gasteiger partial charge in [0.25, 0.3) is 0 Å². The highest BCUT2D eigenvalue weighted by Gasteiger charge is 2.64. The third-order valence-electron chi connectivity index (χ3n) is 9.36. The van der Waals surface area contributed by atoms with E-state index in [2.05, 4.69) is 48.6 Å². The fourth-order valence-corrected chi connectivity index (χ4v) is 7.39. The van der Waals surface area contributed by atoms with E-state index in [1.165, 1.54) is 6.33 Å². The van der Waals surface area contributed by atoms with E-state index in [9.17, 15) is 5.11 Å². The Bertz CT molecular complexity index is 1790. The highest BCUT2D eigenvalue weighted by molar-refractivity contribution is 5.76. The number of rotatable bonds is 9. The third kappa shape index (κ3) is 4.77. The molecule has 0 radical (unpaired) electrons. The van der Waals surface area contributed by atoms with Gasteiger partial charge in [-0.1, -0.05) is 79.7 Å². The van der Waals surface area contributed by atoms with Crippen LogP contribution in [0.1, 0.15) is 68.2 Å². The van der Waals surface area contributed by atoms with Gasteiger partial charge in [-0.05, 0) is 62.1 Å². The van der Waals surface area contributed by atoms with Crippen LogP contribution in [0.15, 0.2) is 97.3 Å². The number of ether oxygens (including phenoxy) is 4. The molecule has 2 aliphatic rings. The Hall–Kier alpha value is -4.28. The molecule has 4 heterocycles. The molecule has 0 spiro atoms. The van der Waals surface area contributed by atoms with Gasteiger partial charge < -0.3 is 29.4 Å². The minimum absolute atomic E-state index is 0.154. The number of methoxy groups -OCH3 is 1. The number of hydrogen-bond donors (Lipinski definition) is 2. The predicted octanol–water partition coefficient (Wildman–Crippen LogP) is 6.39. The van der Waals surface area contributed by atoms with Gasteiger partial charge in [0.15, 0.2) is 11.6 Å². The Labute approximate surface area is 269 Å². The van der Waals surface area contributed by atoms with Crippen molar-refractivity contribution in [3.63, 3.8) is 0 Å². The molecule has 9 nitrogen and oxygen atoms in total. The monoisotopic (exact) mass is 620 g/mol. The molecule has 0 amide bonds. The minimum atomic E-state index is -0.874. The molecule has 7 rings (SSSR count). The second-order valence-electron chi connectivity index (χ2n) is 12.6. The quantitative estimate of drug-likeness (QED) is 0.183. The summed E-state index contributed by atoms with van der Waals surface area (Å²) in [7, 11) is 1.66. The highest BCUT2D eigenvalue weighted by atomic mass is 16.8. The van der Waals surface area contributed by atoms with Crippen LogP contribution in [-0.4, -0.2) is 50.4 Å². The number of nitrogens with one attached hydrogen (secondary N) is 1. The number of aromatic nitrogens is 3. The van der Waals surface area contributed by atoms with Crippen molar-refractivity contribution in [1.29, 1.82) is 0 Å². The number of hydrogen-bond acceptors (Lipinski definition) is 8. The Kier molecular flexibility index (Phi) is 7.60.